The second kappa shape index (κ2) is 7.30. The maximum Gasteiger partial charge on any atom is 0.115 e. The van der Waals surface area contributed by atoms with Gasteiger partial charge in [0.1, 0.15) is 6.33 Å². The molecule has 0 fully saturated rings. The van der Waals surface area contributed by atoms with Gasteiger partial charge in [0.15, 0.2) is 0 Å². The highest BCUT2D eigenvalue weighted by molar-refractivity contribution is 5.11. The minimum absolute atomic E-state index is 0.177. The van der Waals surface area contributed by atoms with Crippen molar-refractivity contribution < 1.29 is 4.74 Å². The highest BCUT2D eigenvalue weighted by atomic mass is 16.5. The average Bonchev–Trinajstić information content (AvgIpc) is 2.35. The second-order valence-corrected chi connectivity index (χ2v) is 3.61. The molecule has 4 nitrogen and oxygen atoms in total. The number of aromatic nitrogens is 2. The summed E-state index contributed by atoms with van der Waals surface area (Å²) in [6.07, 6.45) is 6.40. The van der Waals surface area contributed by atoms with Crippen LogP contribution in [0.2, 0.25) is 0 Å². The van der Waals surface area contributed by atoms with Crippen molar-refractivity contribution in [1.29, 1.82) is 0 Å². The molecule has 2 unspecified atom stereocenters. The lowest BCUT2D eigenvalue weighted by molar-refractivity contribution is 0.0316. The number of hydrogen-bond acceptors (Lipinski definition) is 4. The monoisotopic (exact) mass is 223 g/mol. The van der Waals surface area contributed by atoms with E-state index in [0.717, 1.165) is 25.1 Å². The predicted octanol–water partition coefficient (Wildman–Crippen LogP) is 1.94. The average molecular weight is 223 g/mol. The van der Waals surface area contributed by atoms with Gasteiger partial charge in [-0.3, -0.25) is 0 Å². The van der Waals surface area contributed by atoms with Crippen LogP contribution in [0.3, 0.4) is 0 Å². The van der Waals surface area contributed by atoms with Crippen LogP contribution in [0.5, 0.6) is 0 Å². The molecule has 0 saturated carbocycles. The summed E-state index contributed by atoms with van der Waals surface area (Å²) in [5.74, 6) is 0. The van der Waals surface area contributed by atoms with E-state index in [1.54, 1.807) is 6.33 Å². The van der Waals surface area contributed by atoms with Crippen LogP contribution in [0.25, 0.3) is 0 Å². The highest BCUT2D eigenvalue weighted by Gasteiger charge is 2.21. The first-order chi connectivity index (χ1) is 7.83. The van der Waals surface area contributed by atoms with Crippen LogP contribution in [0, 0.1) is 0 Å². The van der Waals surface area contributed by atoms with Crippen molar-refractivity contribution in [2.45, 2.75) is 39.3 Å². The SMILES string of the molecule is CCNC(c1cncnc1)C(CC)OCC. The Morgan fingerprint density at radius 3 is 2.44 bits per heavy atom. The third-order valence-corrected chi connectivity index (χ3v) is 2.52. The molecule has 0 aliphatic heterocycles. The number of nitrogens with one attached hydrogen (secondary N) is 1. The van der Waals surface area contributed by atoms with Crippen LogP contribution >= 0.6 is 0 Å². The van der Waals surface area contributed by atoms with E-state index < -0.39 is 0 Å². The Morgan fingerprint density at radius 1 is 1.25 bits per heavy atom. The summed E-state index contributed by atoms with van der Waals surface area (Å²) in [5.41, 5.74) is 1.09. The molecule has 0 aromatic carbocycles. The van der Waals surface area contributed by atoms with Crippen molar-refractivity contribution in [3.8, 4) is 0 Å². The largest absolute Gasteiger partial charge is 0.377 e. The number of hydrogen-bond donors (Lipinski definition) is 1. The summed E-state index contributed by atoms with van der Waals surface area (Å²) in [7, 11) is 0. The summed E-state index contributed by atoms with van der Waals surface area (Å²) >= 11 is 0. The molecule has 0 aliphatic carbocycles. The predicted molar refractivity (Wildman–Crippen MR) is 64.2 cm³/mol. The van der Waals surface area contributed by atoms with Gasteiger partial charge in [-0.05, 0) is 19.9 Å². The molecule has 2 atom stereocenters. The standard InChI is InChI=1S/C12H21N3O/c1-4-11(16-6-3)12(15-5-2)10-7-13-9-14-8-10/h7-9,11-12,15H,4-6H2,1-3H3. The van der Waals surface area contributed by atoms with Gasteiger partial charge in [0, 0.05) is 24.6 Å². The van der Waals surface area contributed by atoms with Crippen LogP contribution in [0.4, 0.5) is 0 Å². The Hall–Kier alpha value is -1.00. The van der Waals surface area contributed by atoms with Crippen LogP contribution in [0.1, 0.15) is 38.8 Å². The fourth-order valence-electron chi connectivity index (χ4n) is 1.82. The molecule has 1 aromatic heterocycles. The minimum Gasteiger partial charge on any atom is -0.377 e. The van der Waals surface area contributed by atoms with E-state index in [4.69, 9.17) is 4.74 Å². The lowest BCUT2D eigenvalue weighted by Gasteiger charge is -2.26. The zero-order chi connectivity index (χ0) is 11.8. The third-order valence-electron chi connectivity index (χ3n) is 2.52. The summed E-state index contributed by atoms with van der Waals surface area (Å²) < 4.78 is 5.74. The molecule has 90 valence electrons. The summed E-state index contributed by atoms with van der Waals surface area (Å²) in [5, 5.41) is 3.43. The lowest BCUT2D eigenvalue weighted by Crippen LogP contribution is -2.33. The van der Waals surface area contributed by atoms with Crippen molar-refractivity contribution in [2.24, 2.45) is 0 Å². The van der Waals surface area contributed by atoms with Crippen molar-refractivity contribution in [2.75, 3.05) is 13.2 Å². The van der Waals surface area contributed by atoms with Crippen molar-refractivity contribution >= 4 is 0 Å². The van der Waals surface area contributed by atoms with E-state index in [-0.39, 0.29) is 12.1 Å². The minimum atomic E-state index is 0.177. The number of nitrogens with zero attached hydrogens (tertiary/aromatic N) is 2. The van der Waals surface area contributed by atoms with Gasteiger partial charge in [0.2, 0.25) is 0 Å². The number of likely N-dealkylation sites (N-methyl/N-ethyl adjacent to an activating group) is 1. The molecule has 0 radical (unpaired) electrons. The third kappa shape index (κ3) is 3.54. The van der Waals surface area contributed by atoms with Gasteiger partial charge in [-0.15, -0.1) is 0 Å². The van der Waals surface area contributed by atoms with E-state index in [0.29, 0.717) is 0 Å². The zero-order valence-corrected chi connectivity index (χ0v) is 10.3. The molecule has 0 saturated heterocycles. The Bertz CT molecular complexity index is 279. The van der Waals surface area contributed by atoms with Crippen molar-refractivity contribution in [3.63, 3.8) is 0 Å². The molecular weight excluding hydrogens is 202 g/mol. The second-order valence-electron chi connectivity index (χ2n) is 3.61. The Morgan fingerprint density at radius 2 is 1.94 bits per heavy atom. The first-order valence-electron chi connectivity index (χ1n) is 5.93. The van der Waals surface area contributed by atoms with E-state index in [1.807, 2.05) is 19.3 Å². The molecule has 1 aromatic rings. The Labute approximate surface area is 97.5 Å². The molecule has 0 bridgehead atoms. The van der Waals surface area contributed by atoms with E-state index >= 15 is 0 Å². The van der Waals surface area contributed by atoms with Gasteiger partial charge in [-0.25, -0.2) is 9.97 Å². The Balaban J connectivity index is 2.80. The summed E-state index contributed by atoms with van der Waals surface area (Å²) in [6, 6.07) is 0.177. The van der Waals surface area contributed by atoms with Gasteiger partial charge in [0.05, 0.1) is 12.1 Å². The normalized spacial score (nSPS) is 14.7. The Kier molecular flexibility index (Phi) is 5.96. The maximum atomic E-state index is 5.74. The molecule has 1 rings (SSSR count). The van der Waals surface area contributed by atoms with Crippen LogP contribution in [0.15, 0.2) is 18.7 Å². The van der Waals surface area contributed by atoms with Crippen molar-refractivity contribution in [1.82, 2.24) is 15.3 Å². The van der Waals surface area contributed by atoms with Gasteiger partial charge in [0.25, 0.3) is 0 Å². The van der Waals surface area contributed by atoms with Crippen molar-refractivity contribution in [3.05, 3.63) is 24.3 Å². The molecule has 0 spiro atoms. The zero-order valence-electron chi connectivity index (χ0n) is 10.3. The molecular formula is C12H21N3O. The van der Waals surface area contributed by atoms with Gasteiger partial charge in [-0.2, -0.15) is 0 Å². The smallest absolute Gasteiger partial charge is 0.115 e. The molecule has 1 heterocycles. The van der Waals surface area contributed by atoms with Crippen LogP contribution in [-0.2, 0) is 4.74 Å². The molecule has 4 heteroatoms. The number of rotatable bonds is 7. The summed E-state index contributed by atoms with van der Waals surface area (Å²) in [4.78, 5) is 8.12. The van der Waals surface area contributed by atoms with Gasteiger partial charge in [-0.1, -0.05) is 13.8 Å². The summed E-state index contributed by atoms with van der Waals surface area (Å²) in [6.45, 7) is 7.88. The fourth-order valence-corrected chi connectivity index (χ4v) is 1.82. The number of ether oxygens (including phenoxy) is 1. The fraction of sp³-hybridized carbons (Fsp3) is 0.667. The molecule has 1 N–H and O–H groups in total. The molecule has 0 aliphatic rings. The van der Waals surface area contributed by atoms with Gasteiger partial charge >= 0.3 is 0 Å². The maximum absolute atomic E-state index is 5.74. The van der Waals surface area contributed by atoms with E-state index in [9.17, 15) is 0 Å². The van der Waals surface area contributed by atoms with Crippen LogP contribution < -0.4 is 5.32 Å². The van der Waals surface area contributed by atoms with Gasteiger partial charge < -0.3 is 10.1 Å². The lowest BCUT2D eigenvalue weighted by atomic mass is 10.0. The topological polar surface area (TPSA) is 47.0 Å². The first-order valence-corrected chi connectivity index (χ1v) is 5.93. The quantitative estimate of drug-likeness (QED) is 0.767. The first kappa shape index (κ1) is 13.1. The van der Waals surface area contributed by atoms with E-state index in [1.165, 1.54) is 0 Å². The molecule has 16 heavy (non-hydrogen) atoms. The molecule has 0 amide bonds. The highest BCUT2D eigenvalue weighted by Crippen LogP contribution is 2.20. The van der Waals surface area contributed by atoms with Crippen LogP contribution in [-0.4, -0.2) is 29.2 Å². The van der Waals surface area contributed by atoms with E-state index in [2.05, 4.69) is 29.1 Å².